The number of fused-ring (bicyclic) bond motifs is 1. The van der Waals surface area contributed by atoms with E-state index in [0.717, 1.165) is 0 Å². The number of nitriles is 1. The molecule has 1 fully saturated rings. The van der Waals surface area contributed by atoms with Crippen LogP contribution in [0.2, 0.25) is 0 Å². The lowest BCUT2D eigenvalue weighted by Crippen LogP contribution is -2.44. The predicted octanol–water partition coefficient (Wildman–Crippen LogP) is 2.75. The standard InChI is InChI=1S/C27H28FN9O3S/c1-16(2)37-25-22(14-32-27(35-25)33-21-9-20(28)12-30-13-21)34-24(26(37)38)19-7-8-23(31-11-19)36-41(39,40)15-18-5-3-17(10-29)4-6-18/h3-8,11,14,16,20-21,30H,9,12-13,15H2,1-2H3,(H,31,36)(H,32,33,35)/t20-,21-/m0/s1. The van der Waals surface area contributed by atoms with Gasteiger partial charge in [-0.1, -0.05) is 12.1 Å². The number of benzene rings is 1. The number of alkyl halides is 1. The van der Waals surface area contributed by atoms with Gasteiger partial charge in [-0.05, 0) is 43.7 Å². The highest BCUT2D eigenvalue weighted by molar-refractivity contribution is 7.91. The number of anilines is 2. The summed E-state index contributed by atoms with van der Waals surface area (Å²) in [5.74, 6) is 0.0656. The normalized spacial score (nSPS) is 17.3. The van der Waals surface area contributed by atoms with Gasteiger partial charge in [0.1, 0.15) is 23.2 Å². The molecule has 0 aliphatic carbocycles. The van der Waals surface area contributed by atoms with Crippen LogP contribution in [-0.4, -0.2) is 58.2 Å². The number of pyridine rings is 1. The van der Waals surface area contributed by atoms with Crippen LogP contribution in [0.4, 0.5) is 16.2 Å². The van der Waals surface area contributed by atoms with Gasteiger partial charge in [-0.2, -0.15) is 10.2 Å². The summed E-state index contributed by atoms with van der Waals surface area (Å²) in [6, 6.07) is 10.8. The van der Waals surface area contributed by atoms with E-state index in [9.17, 15) is 17.6 Å². The minimum Gasteiger partial charge on any atom is -0.350 e. The number of sulfonamides is 1. The number of halogens is 1. The van der Waals surface area contributed by atoms with Crippen molar-refractivity contribution in [3.05, 3.63) is 70.3 Å². The van der Waals surface area contributed by atoms with E-state index >= 15 is 0 Å². The molecular formula is C27H28FN9O3S. The van der Waals surface area contributed by atoms with Crippen LogP contribution in [0.3, 0.4) is 0 Å². The van der Waals surface area contributed by atoms with E-state index in [1.54, 1.807) is 30.3 Å². The highest BCUT2D eigenvalue weighted by Crippen LogP contribution is 2.21. The quantitative estimate of drug-likeness (QED) is 0.283. The summed E-state index contributed by atoms with van der Waals surface area (Å²) < 4.78 is 43.0. The van der Waals surface area contributed by atoms with Crippen molar-refractivity contribution in [1.82, 2.24) is 29.8 Å². The lowest BCUT2D eigenvalue weighted by molar-refractivity contribution is 0.254. The summed E-state index contributed by atoms with van der Waals surface area (Å²) in [5, 5.41) is 15.1. The van der Waals surface area contributed by atoms with Crippen LogP contribution in [0.1, 0.15) is 37.4 Å². The van der Waals surface area contributed by atoms with Gasteiger partial charge >= 0.3 is 0 Å². The Balaban J connectivity index is 1.39. The zero-order valence-corrected chi connectivity index (χ0v) is 23.2. The van der Waals surface area contributed by atoms with Gasteiger partial charge < -0.3 is 10.6 Å². The van der Waals surface area contributed by atoms with Crippen molar-refractivity contribution in [3.63, 3.8) is 0 Å². The molecule has 14 heteroatoms. The van der Waals surface area contributed by atoms with Gasteiger partial charge in [0.2, 0.25) is 16.0 Å². The van der Waals surface area contributed by atoms with Crippen molar-refractivity contribution in [2.45, 2.75) is 44.3 Å². The summed E-state index contributed by atoms with van der Waals surface area (Å²) in [6.07, 6.45) is 2.25. The molecule has 0 spiro atoms. The molecule has 0 unspecified atom stereocenters. The molecule has 2 atom stereocenters. The summed E-state index contributed by atoms with van der Waals surface area (Å²) in [7, 11) is -3.78. The Bertz CT molecular complexity index is 1770. The van der Waals surface area contributed by atoms with E-state index in [1.165, 1.54) is 23.0 Å². The smallest absolute Gasteiger partial charge is 0.279 e. The van der Waals surface area contributed by atoms with Crippen molar-refractivity contribution in [1.29, 1.82) is 5.26 Å². The molecule has 41 heavy (non-hydrogen) atoms. The van der Waals surface area contributed by atoms with Crippen LogP contribution < -0.4 is 20.9 Å². The highest BCUT2D eigenvalue weighted by atomic mass is 32.2. The van der Waals surface area contributed by atoms with Crippen molar-refractivity contribution >= 4 is 33.0 Å². The number of hydrogen-bond donors (Lipinski definition) is 3. The molecule has 0 saturated carbocycles. The highest BCUT2D eigenvalue weighted by Gasteiger charge is 2.23. The fraction of sp³-hybridized carbons (Fsp3) is 0.333. The molecule has 212 valence electrons. The average molecular weight is 578 g/mol. The molecule has 1 aliphatic rings. The lowest BCUT2D eigenvalue weighted by atomic mass is 10.1. The third-order valence-electron chi connectivity index (χ3n) is 6.52. The monoisotopic (exact) mass is 577 g/mol. The van der Waals surface area contributed by atoms with Crippen LogP contribution in [-0.2, 0) is 15.8 Å². The first-order valence-corrected chi connectivity index (χ1v) is 14.6. The van der Waals surface area contributed by atoms with Gasteiger partial charge in [-0.25, -0.2) is 27.8 Å². The van der Waals surface area contributed by atoms with Crippen LogP contribution in [0.15, 0.2) is 53.6 Å². The predicted molar refractivity (Wildman–Crippen MR) is 152 cm³/mol. The third-order valence-corrected chi connectivity index (χ3v) is 7.75. The fourth-order valence-electron chi connectivity index (χ4n) is 4.60. The molecule has 4 heterocycles. The molecule has 5 rings (SSSR count). The molecule has 1 aromatic carbocycles. The Morgan fingerprint density at radius 3 is 2.56 bits per heavy atom. The lowest BCUT2D eigenvalue weighted by Gasteiger charge is -2.26. The van der Waals surface area contributed by atoms with E-state index < -0.39 is 21.8 Å². The molecule has 1 aliphatic heterocycles. The summed E-state index contributed by atoms with van der Waals surface area (Å²) in [6.45, 7) is 4.59. The molecule has 3 aromatic heterocycles. The number of aromatic nitrogens is 5. The Morgan fingerprint density at radius 2 is 1.90 bits per heavy atom. The van der Waals surface area contributed by atoms with Crippen molar-refractivity contribution in [3.8, 4) is 17.3 Å². The molecule has 0 radical (unpaired) electrons. The molecule has 1 saturated heterocycles. The maximum absolute atomic E-state index is 13.8. The number of hydrogen-bond acceptors (Lipinski definition) is 10. The van der Waals surface area contributed by atoms with Gasteiger partial charge in [0.05, 0.1) is 23.6 Å². The van der Waals surface area contributed by atoms with E-state index in [1.807, 2.05) is 19.9 Å². The first-order valence-electron chi connectivity index (χ1n) is 13.0. The second-order valence-electron chi connectivity index (χ2n) is 10.1. The Labute approximate surface area is 235 Å². The van der Waals surface area contributed by atoms with Crippen LogP contribution in [0.25, 0.3) is 22.4 Å². The number of nitrogens with one attached hydrogen (secondary N) is 3. The topological polar surface area (TPSA) is 168 Å². The number of nitrogens with zero attached hydrogens (tertiary/aromatic N) is 6. The first kappa shape index (κ1) is 28.1. The molecule has 0 bridgehead atoms. The van der Waals surface area contributed by atoms with Gasteiger partial charge in [-0.3, -0.25) is 14.1 Å². The van der Waals surface area contributed by atoms with Crippen LogP contribution in [0, 0.1) is 11.3 Å². The first-order chi connectivity index (χ1) is 19.6. The van der Waals surface area contributed by atoms with E-state index in [-0.39, 0.29) is 35.3 Å². The van der Waals surface area contributed by atoms with Crippen LogP contribution in [0.5, 0.6) is 0 Å². The van der Waals surface area contributed by atoms with E-state index in [0.29, 0.717) is 47.4 Å². The fourth-order valence-corrected chi connectivity index (χ4v) is 5.75. The third kappa shape index (κ3) is 6.47. The second kappa shape index (κ2) is 11.6. The van der Waals surface area contributed by atoms with Crippen molar-refractivity contribution in [2.75, 3.05) is 23.1 Å². The Kier molecular flexibility index (Phi) is 7.91. The summed E-state index contributed by atoms with van der Waals surface area (Å²) in [4.78, 5) is 31.1. The van der Waals surface area contributed by atoms with E-state index in [2.05, 4.69) is 35.3 Å². The SMILES string of the molecule is CC(C)n1c(=O)c(-c2ccc(NS(=O)(=O)Cc3ccc(C#N)cc3)nc2)nc2cnc(N[C@@H]3CNC[C@@H](F)C3)nc21. The van der Waals surface area contributed by atoms with Gasteiger partial charge in [0.25, 0.3) is 5.56 Å². The Hall–Kier alpha value is -4.48. The number of rotatable bonds is 8. The van der Waals surface area contributed by atoms with Crippen molar-refractivity contribution < 1.29 is 12.8 Å². The molecular weight excluding hydrogens is 549 g/mol. The molecule has 12 nitrogen and oxygen atoms in total. The largest absolute Gasteiger partial charge is 0.350 e. The summed E-state index contributed by atoms with van der Waals surface area (Å²) >= 11 is 0. The molecule has 3 N–H and O–H groups in total. The van der Waals surface area contributed by atoms with Gasteiger partial charge in [0.15, 0.2) is 5.65 Å². The van der Waals surface area contributed by atoms with Crippen molar-refractivity contribution in [2.24, 2.45) is 0 Å². The number of piperidine rings is 1. The minimum atomic E-state index is -3.78. The molecule has 0 amide bonds. The second-order valence-corrected chi connectivity index (χ2v) is 11.8. The zero-order valence-electron chi connectivity index (χ0n) is 22.4. The Morgan fingerprint density at radius 1 is 1.12 bits per heavy atom. The van der Waals surface area contributed by atoms with Gasteiger partial charge in [0, 0.05) is 43.4 Å². The average Bonchev–Trinajstić information content (AvgIpc) is 2.93. The van der Waals surface area contributed by atoms with E-state index in [4.69, 9.17) is 5.26 Å². The summed E-state index contributed by atoms with van der Waals surface area (Å²) in [5.41, 5.74) is 1.80. The maximum atomic E-state index is 13.8. The maximum Gasteiger partial charge on any atom is 0.279 e. The van der Waals surface area contributed by atoms with Gasteiger partial charge in [-0.15, -0.1) is 0 Å². The minimum absolute atomic E-state index is 0.0825. The molecule has 4 aromatic rings. The van der Waals surface area contributed by atoms with Crippen LogP contribution >= 0.6 is 0 Å². The zero-order chi connectivity index (χ0) is 29.1.